The fourth-order valence-electron chi connectivity index (χ4n) is 1.14. The summed E-state index contributed by atoms with van der Waals surface area (Å²) in [6, 6.07) is 3.20. The molecule has 0 spiro atoms. The normalized spacial score (nSPS) is 10.7. The van der Waals surface area contributed by atoms with Gasteiger partial charge in [0.15, 0.2) is 5.69 Å². The van der Waals surface area contributed by atoms with Gasteiger partial charge in [-0.1, -0.05) is 0 Å². The fraction of sp³-hybridized carbons (Fsp3) is 0.182. The first-order valence-corrected chi connectivity index (χ1v) is 6.20. The van der Waals surface area contributed by atoms with Crippen LogP contribution in [-0.2, 0) is 6.18 Å². The molecule has 0 aliphatic carbocycles. The van der Waals surface area contributed by atoms with Crippen LogP contribution in [0.2, 0.25) is 0 Å². The van der Waals surface area contributed by atoms with Crippen LogP contribution < -0.4 is 5.73 Å². The number of aryl methyl sites for hydroxylation is 1. The zero-order valence-electron chi connectivity index (χ0n) is 10.6. The van der Waals surface area contributed by atoms with Gasteiger partial charge >= 0.3 is 12.1 Å². The lowest BCUT2D eigenvalue weighted by Gasteiger charge is -2.04. The molecular weight excluding hydrogens is 309 g/mol. The molecule has 0 saturated heterocycles. The number of aromatic carboxylic acids is 1. The Hall–Kier alpha value is -2.36. The first-order valence-electron chi connectivity index (χ1n) is 5.32. The smallest absolute Gasteiger partial charge is 0.413 e. The average Bonchev–Trinajstić information content (AvgIpc) is 2.79. The second-order valence-electron chi connectivity index (χ2n) is 3.73. The van der Waals surface area contributed by atoms with Crippen molar-refractivity contribution in [2.75, 3.05) is 5.73 Å². The van der Waals surface area contributed by atoms with Crippen LogP contribution in [0.25, 0.3) is 5.73 Å². The minimum Gasteiger partial charge on any atom is -0.476 e. The number of nitrogens with zero attached hydrogens (tertiary/aromatic N) is 2. The van der Waals surface area contributed by atoms with Gasteiger partial charge in [-0.3, -0.25) is 0 Å². The molecule has 2 rings (SSSR count). The van der Waals surface area contributed by atoms with E-state index in [2.05, 4.69) is 9.97 Å². The molecule has 2 aromatic rings. The van der Waals surface area contributed by atoms with Crippen molar-refractivity contribution in [1.29, 1.82) is 0 Å². The molecule has 6 nitrogen and oxygen atoms in total. The van der Waals surface area contributed by atoms with Crippen LogP contribution >= 0.6 is 11.3 Å². The monoisotopic (exact) mass is 319 g/mol. The van der Waals surface area contributed by atoms with E-state index in [1.54, 1.807) is 13.0 Å². The van der Waals surface area contributed by atoms with Crippen molar-refractivity contribution >= 4 is 28.1 Å². The number of carboxylic acid groups (broad SMARTS) is 1. The zero-order valence-corrected chi connectivity index (χ0v) is 11.4. The van der Waals surface area contributed by atoms with Crippen molar-refractivity contribution in [2.24, 2.45) is 0 Å². The molecule has 0 aliphatic rings. The summed E-state index contributed by atoms with van der Waals surface area (Å²) in [7, 11) is 0. The lowest BCUT2D eigenvalue weighted by Crippen LogP contribution is -2.05. The Labute approximate surface area is 121 Å². The Balaban J connectivity index is 0.000000211. The van der Waals surface area contributed by atoms with Crippen molar-refractivity contribution < 1.29 is 23.1 Å². The first-order chi connectivity index (χ1) is 9.61. The second kappa shape index (κ2) is 6.39. The van der Waals surface area contributed by atoms with E-state index in [-0.39, 0.29) is 16.5 Å². The lowest BCUT2D eigenvalue weighted by atomic mass is 10.2. The summed E-state index contributed by atoms with van der Waals surface area (Å²) in [5.74, 6) is -1.09. The number of nitrogens with two attached hydrogens (primary N) is 1. The largest absolute Gasteiger partial charge is 0.476 e. The molecule has 2 heterocycles. The fourth-order valence-corrected chi connectivity index (χ4v) is 1.70. The van der Waals surface area contributed by atoms with E-state index in [1.165, 1.54) is 6.07 Å². The number of nitrogens with one attached hydrogen (secondary N) is 1. The minimum absolute atomic E-state index is 0.0787. The predicted octanol–water partition coefficient (Wildman–Crippen LogP) is 3.52. The number of carboxylic acids is 1. The summed E-state index contributed by atoms with van der Waals surface area (Å²) in [4.78, 5) is 17.1. The molecule has 0 saturated carbocycles. The van der Waals surface area contributed by atoms with Crippen molar-refractivity contribution in [3.05, 3.63) is 40.3 Å². The van der Waals surface area contributed by atoms with Gasteiger partial charge in [-0.05, 0) is 29.6 Å². The van der Waals surface area contributed by atoms with E-state index in [0.717, 1.165) is 5.38 Å². The van der Waals surface area contributed by atoms with Crippen molar-refractivity contribution in [2.45, 2.75) is 13.1 Å². The maximum absolute atomic E-state index is 11.7. The number of thiazole rings is 1. The molecule has 0 aliphatic heterocycles. The number of hydrogen-bond donors (Lipinski definition) is 2. The van der Waals surface area contributed by atoms with E-state index >= 15 is 0 Å². The van der Waals surface area contributed by atoms with Gasteiger partial charge in [-0.25, -0.2) is 9.78 Å². The maximum Gasteiger partial charge on any atom is 0.413 e. The van der Waals surface area contributed by atoms with E-state index in [0.29, 0.717) is 17.0 Å². The SMILES string of the molecule is Cc1ccc(N)c(C(=O)O)n1.[NH-]c1nc(C(F)(F)F)cs1. The van der Waals surface area contributed by atoms with Crippen LogP contribution in [-0.4, -0.2) is 21.0 Å². The zero-order chi connectivity index (χ0) is 16.2. The van der Waals surface area contributed by atoms with E-state index in [4.69, 9.17) is 16.6 Å². The number of alkyl halides is 3. The van der Waals surface area contributed by atoms with Gasteiger partial charge in [0.1, 0.15) is 0 Å². The lowest BCUT2D eigenvalue weighted by molar-refractivity contribution is -0.140. The molecule has 0 radical (unpaired) electrons. The summed E-state index contributed by atoms with van der Waals surface area (Å²) < 4.78 is 35.0. The highest BCUT2D eigenvalue weighted by molar-refractivity contribution is 7.13. The molecule has 10 heteroatoms. The van der Waals surface area contributed by atoms with E-state index in [1.807, 2.05) is 0 Å². The van der Waals surface area contributed by atoms with Crippen molar-refractivity contribution in [1.82, 2.24) is 9.97 Å². The van der Waals surface area contributed by atoms with Gasteiger partial charge in [-0.2, -0.15) is 24.5 Å². The number of carbonyl (C=O) groups is 1. The molecule has 0 fully saturated rings. The van der Waals surface area contributed by atoms with Gasteiger partial charge in [0.25, 0.3) is 0 Å². The third-order valence-corrected chi connectivity index (χ3v) is 2.72. The van der Waals surface area contributed by atoms with E-state index in [9.17, 15) is 18.0 Å². The molecule has 0 atom stereocenters. The van der Waals surface area contributed by atoms with Crippen LogP contribution in [0, 0.1) is 6.92 Å². The van der Waals surface area contributed by atoms with E-state index < -0.39 is 17.8 Å². The Morgan fingerprint density at radius 2 is 2.00 bits per heavy atom. The molecule has 0 amide bonds. The summed E-state index contributed by atoms with van der Waals surface area (Å²) in [5.41, 5.74) is 11.8. The molecule has 0 aromatic carbocycles. The summed E-state index contributed by atoms with van der Waals surface area (Å²) in [6.45, 7) is 1.71. The molecule has 2 aromatic heterocycles. The third-order valence-electron chi connectivity index (χ3n) is 2.06. The summed E-state index contributed by atoms with van der Waals surface area (Å²) in [5, 5.41) is 9.06. The van der Waals surface area contributed by atoms with Crippen LogP contribution in [0.15, 0.2) is 17.5 Å². The second-order valence-corrected chi connectivity index (χ2v) is 4.59. The van der Waals surface area contributed by atoms with Gasteiger partial charge in [0.2, 0.25) is 0 Å². The van der Waals surface area contributed by atoms with Crippen LogP contribution in [0.1, 0.15) is 21.9 Å². The van der Waals surface area contributed by atoms with Crippen LogP contribution in [0.3, 0.4) is 0 Å². The topological polar surface area (TPSA) is 113 Å². The number of nitrogen functional groups attached to an aromatic ring is 1. The van der Waals surface area contributed by atoms with Gasteiger partial charge in [-0.15, -0.1) is 0 Å². The number of halogens is 3. The summed E-state index contributed by atoms with van der Waals surface area (Å²) in [6.07, 6.45) is -4.41. The predicted molar refractivity (Wildman–Crippen MR) is 71.4 cm³/mol. The Bertz CT molecular complexity index is 643. The molecule has 21 heavy (non-hydrogen) atoms. The first kappa shape index (κ1) is 16.7. The van der Waals surface area contributed by atoms with Gasteiger partial charge in [0.05, 0.1) is 11.4 Å². The van der Waals surface area contributed by atoms with Gasteiger partial charge in [0, 0.05) is 5.69 Å². The highest BCUT2D eigenvalue weighted by atomic mass is 32.1. The summed E-state index contributed by atoms with van der Waals surface area (Å²) >= 11 is 0.667. The number of hydrogen-bond acceptors (Lipinski definition) is 5. The molecule has 4 N–H and O–H groups in total. The third kappa shape index (κ3) is 4.91. The van der Waals surface area contributed by atoms with Gasteiger partial charge < -0.3 is 21.6 Å². The standard InChI is InChI=1S/C7H8N2O2.C4H2F3N2S/c1-4-2-3-5(8)6(9-4)7(10)11;5-4(6,7)2-1-10-3(8)9-2/h2-3H,8H2,1H3,(H,10,11);1H,(H-,8,9)/q;-1. The van der Waals surface area contributed by atoms with Crippen LogP contribution in [0.5, 0.6) is 0 Å². The Morgan fingerprint density at radius 1 is 1.38 bits per heavy atom. The average molecular weight is 319 g/mol. The molecular formula is C11H10F3N4O2S-. The quantitative estimate of drug-likeness (QED) is 0.835. The molecule has 0 bridgehead atoms. The minimum atomic E-state index is -4.41. The number of anilines is 1. The van der Waals surface area contributed by atoms with Crippen LogP contribution in [0.4, 0.5) is 24.0 Å². The Kier molecular flexibility index (Phi) is 5.08. The highest BCUT2D eigenvalue weighted by Gasteiger charge is 2.28. The number of pyridine rings is 1. The van der Waals surface area contributed by atoms with Crippen molar-refractivity contribution in [3.63, 3.8) is 0 Å². The van der Waals surface area contributed by atoms with Crippen molar-refractivity contribution in [3.8, 4) is 0 Å². The highest BCUT2D eigenvalue weighted by Crippen LogP contribution is 2.31. The maximum atomic E-state index is 11.7. The molecule has 0 unspecified atom stereocenters. The Morgan fingerprint density at radius 3 is 2.33 bits per heavy atom. The molecule has 114 valence electrons. The number of rotatable bonds is 1. The number of aromatic nitrogens is 2.